The van der Waals surface area contributed by atoms with Crippen molar-refractivity contribution >= 4 is 21.8 Å². The van der Waals surface area contributed by atoms with Crippen LogP contribution in [0.25, 0.3) is 0 Å². The van der Waals surface area contributed by atoms with Crippen molar-refractivity contribution in [3.8, 4) is 0 Å². The molecule has 0 aliphatic heterocycles. The molecule has 4 nitrogen and oxygen atoms in total. The molecule has 1 amide bonds. The van der Waals surface area contributed by atoms with Gasteiger partial charge >= 0.3 is 0 Å². The van der Waals surface area contributed by atoms with E-state index in [1.807, 2.05) is 25.1 Å². The number of amides is 1. The van der Waals surface area contributed by atoms with E-state index in [2.05, 4.69) is 32.7 Å². The molecule has 0 fully saturated rings. The molecule has 1 aromatic rings. The lowest BCUT2D eigenvalue weighted by atomic mass is 10.2. The van der Waals surface area contributed by atoms with E-state index >= 15 is 0 Å². The fraction of sp³-hybridized carbons (Fsp3) is 0.538. The number of hydrogen-bond donors (Lipinski definition) is 0. The van der Waals surface area contributed by atoms with Crippen LogP contribution in [-0.4, -0.2) is 54.4 Å². The van der Waals surface area contributed by atoms with Crippen LogP contribution in [0.4, 0.5) is 0 Å². The van der Waals surface area contributed by atoms with Crippen LogP contribution in [0.5, 0.6) is 0 Å². The molecule has 18 heavy (non-hydrogen) atoms. The third-order valence-electron chi connectivity index (χ3n) is 2.55. The minimum absolute atomic E-state index is 0.0486. The number of carbonyl (C=O) groups is 1. The maximum absolute atomic E-state index is 12.3. The summed E-state index contributed by atoms with van der Waals surface area (Å²) in [5, 5.41) is 0. The molecule has 0 spiro atoms. The van der Waals surface area contributed by atoms with Gasteiger partial charge in [-0.2, -0.15) is 0 Å². The van der Waals surface area contributed by atoms with Gasteiger partial charge in [0.25, 0.3) is 5.91 Å². The SMILES string of the molecule is CCCN(CCN(C)C)C(=O)c1cncc(Br)c1. The molecule has 0 N–H and O–H groups in total. The van der Waals surface area contributed by atoms with Gasteiger partial charge in [-0.15, -0.1) is 0 Å². The summed E-state index contributed by atoms with van der Waals surface area (Å²) in [6.07, 6.45) is 4.26. The quantitative estimate of drug-likeness (QED) is 0.808. The third-order valence-corrected chi connectivity index (χ3v) is 2.98. The molecule has 0 radical (unpaired) electrons. The van der Waals surface area contributed by atoms with Crippen molar-refractivity contribution in [2.24, 2.45) is 0 Å². The highest BCUT2D eigenvalue weighted by Gasteiger charge is 2.15. The molecule has 0 aliphatic carbocycles. The highest BCUT2D eigenvalue weighted by molar-refractivity contribution is 9.10. The molecule has 0 atom stereocenters. The summed E-state index contributed by atoms with van der Waals surface area (Å²) in [6, 6.07) is 1.81. The number of nitrogens with zero attached hydrogens (tertiary/aromatic N) is 3. The topological polar surface area (TPSA) is 36.4 Å². The Bertz CT molecular complexity index is 396. The Morgan fingerprint density at radius 1 is 1.28 bits per heavy atom. The maximum Gasteiger partial charge on any atom is 0.255 e. The van der Waals surface area contributed by atoms with Gasteiger partial charge in [-0.3, -0.25) is 9.78 Å². The summed E-state index contributed by atoms with van der Waals surface area (Å²) in [7, 11) is 4.02. The fourth-order valence-electron chi connectivity index (χ4n) is 1.62. The van der Waals surface area contributed by atoms with E-state index in [-0.39, 0.29) is 5.91 Å². The van der Waals surface area contributed by atoms with Gasteiger partial charge in [-0.25, -0.2) is 0 Å². The van der Waals surface area contributed by atoms with Crippen LogP contribution in [-0.2, 0) is 0 Å². The summed E-state index contributed by atoms with van der Waals surface area (Å²) in [5.41, 5.74) is 0.636. The van der Waals surface area contributed by atoms with E-state index in [1.165, 1.54) is 0 Å². The van der Waals surface area contributed by atoms with E-state index in [0.717, 1.165) is 30.5 Å². The predicted molar refractivity (Wildman–Crippen MR) is 76.7 cm³/mol. The molecule has 0 aromatic carbocycles. The second kappa shape index (κ2) is 7.48. The van der Waals surface area contributed by atoms with Crippen LogP contribution in [0.2, 0.25) is 0 Å². The van der Waals surface area contributed by atoms with E-state index in [0.29, 0.717) is 5.56 Å². The van der Waals surface area contributed by atoms with Gasteiger partial charge in [0.05, 0.1) is 5.56 Å². The number of likely N-dealkylation sites (N-methyl/N-ethyl adjacent to an activating group) is 1. The summed E-state index contributed by atoms with van der Waals surface area (Å²) in [6.45, 7) is 4.47. The minimum Gasteiger partial charge on any atom is -0.337 e. The molecule has 0 unspecified atom stereocenters. The predicted octanol–water partition coefficient (Wildman–Crippen LogP) is 2.26. The van der Waals surface area contributed by atoms with Crippen molar-refractivity contribution in [3.63, 3.8) is 0 Å². The van der Waals surface area contributed by atoms with Crippen LogP contribution in [0.3, 0.4) is 0 Å². The van der Waals surface area contributed by atoms with Crippen molar-refractivity contribution in [2.45, 2.75) is 13.3 Å². The van der Waals surface area contributed by atoms with E-state index < -0.39 is 0 Å². The van der Waals surface area contributed by atoms with Gasteiger partial charge in [0, 0.05) is 36.5 Å². The van der Waals surface area contributed by atoms with Crippen LogP contribution < -0.4 is 0 Å². The number of hydrogen-bond acceptors (Lipinski definition) is 3. The van der Waals surface area contributed by atoms with E-state index in [4.69, 9.17) is 0 Å². The van der Waals surface area contributed by atoms with Crippen molar-refractivity contribution < 1.29 is 4.79 Å². The summed E-state index contributed by atoms with van der Waals surface area (Å²) >= 11 is 3.34. The fourth-order valence-corrected chi connectivity index (χ4v) is 1.98. The average Bonchev–Trinajstić information content (AvgIpc) is 2.33. The highest BCUT2D eigenvalue weighted by Crippen LogP contribution is 2.12. The summed E-state index contributed by atoms with van der Waals surface area (Å²) in [4.78, 5) is 20.3. The first-order valence-electron chi connectivity index (χ1n) is 6.09. The third kappa shape index (κ3) is 4.74. The summed E-state index contributed by atoms with van der Waals surface area (Å²) in [5.74, 6) is 0.0486. The standard InChI is InChI=1S/C13H20BrN3O/c1-4-5-17(7-6-16(2)3)13(18)11-8-12(14)10-15-9-11/h8-10H,4-7H2,1-3H3. The lowest BCUT2D eigenvalue weighted by Crippen LogP contribution is -2.37. The van der Waals surface area contributed by atoms with Crippen LogP contribution >= 0.6 is 15.9 Å². The number of aromatic nitrogens is 1. The Morgan fingerprint density at radius 3 is 2.56 bits per heavy atom. The Hall–Kier alpha value is -0.940. The molecule has 0 bridgehead atoms. The lowest BCUT2D eigenvalue weighted by Gasteiger charge is -2.24. The van der Waals surface area contributed by atoms with Gasteiger partial charge in [0.15, 0.2) is 0 Å². The van der Waals surface area contributed by atoms with Crippen molar-refractivity contribution in [1.29, 1.82) is 0 Å². The zero-order valence-corrected chi connectivity index (χ0v) is 12.8. The Kier molecular flexibility index (Phi) is 6.29. The monoisotopic (exact) mass is 313 g/mol. The normalized spacial score (nSPS) is 10.7. The molecule has 1 rings (SSSR count). The second-order valence-corrected chi connectivity index (χ2v) is 5.40. The van der Waals surface area contributed by atoms with Gasteiger partial charge in [0.1, 0.15) is 0 Å². The number of carbonyl (C=O) groups excluding carboxylic acids is 1. The number of halogens is 1. The second-order valence-electron chi connectivity index (χ2n) is 4.49. The zero-order chi connectivity index (χ0) is 13.5. The van der Waals surface area contributed by atoms with Crippen molar-refractivity contribution in [3.05, 3.63) is 28.5 Å². The molecule has 100 valence electrons. The van der Waals surface area contributed by atoms with Crippen LogP contribution in [0, 0.1) is 0 Å². The van der Waals surface area contributed by atoms with Gasteiger partial charge < -0.3 is 9.80 Å². The molecule has 0 saturated heterocycles. The Labute approximate surface area is 117 Å². The van der Waals surface area contributed by atoms with Gasteiger partial charge in [-0.1, -0.05) is 6.92 Å². The first kappa shape index (κ1) is 15.1. The molecular formula is C13H20BrN3O. The largest absolute Gasteiger partial charge is 0.337 e. The van der Waals surface area contributed by atoms with E-state index in [9.17, 15) is 4.79 Å². The smallest absolute Gasteiger partial charge is 0.255 e. The first-order valence-corrected chi connectivity index (χ1v) is 6.88. The molecular weight excluding hydrogens is 294 g/mol. The lowest BCUT2D eigenvalue weighted by molar-refractivity contribution is 0.0744. The zero-order valence-electron chi connectivity index (χ0n) is 11.2. The summed E-state index contributed by atoms with van der Waals surface area (Å²) < 4.78 is 0.831. The van der Waals surface area contributed by atoms with Crippen molar-refractivity contribution in [2.75, 3.05) is 33.7 Å². The molecule has 1 aromatic heterocycles. The number of pyridine rings is 1. The average molecular weight is 314 g/mol. The first-order chi connectivity index (χ1) is 8.54. The van der Waals surface area contributed by atoms with Gasteiger partial charge in [0.2, 0.25) is 0 Å². The molecule has 0 saturated carbocycles. The van der Waals surface area contributed by atoms with Crippen LogP contribution in [0.15, 0.2) is 22.9 Å². The van der Waals surface area contributed by atoms with Crippen molar-refractivity contribution in [1.82, 2.24) is 14.8 Å². The number of rotatable bonds is 6. The molecule has 1 heterocycles. The molecule has 5 heteroatoms. The minimum atomic E-state index is 0.0486. The van der Waals surface area contributed by atoms with Gasteiger partial charge in [-0.05, 0) is 42.5 Å². The Balaban J connectivity index is 2.75. The maximum atomic E-state index is 12.3. The molecule has 0 aliphatic rings. The van der Waals surface area contributed by atoms with Crippen LogP contribution in [0.1, 0.15) is 23.7 Å². The van der Waals surface area contributed by atoms with E-state index in [1.54, 1.807) is 12.4 Å². The Morgan fingerprint density at radius 2 is 2.00 bits per heavy atom. The highest BCUT2D eigenvalue weighted by atomic mass is 79.9.